The van der Waals surface area contributed by atoms with E-state index in [2.05, 4.69) is 38.7 Å². The molecular formula is C14H29N. The predicted molar refractivity (Wildman–Crippen MR) is 72.0 cm³/mol. The summed E-state index contributed by atoms with van der Waals surface area (Å²) < 4.78 is 0. The first kappa shape index (κ1) is 16.7. The molecule has 1 nitrogen and oxygen atoms in total. The summed E-state index contributed by atoms with van der Waals surface area (Å²) in [6.07, 6.45) is 5.68. The Morgan fingerprint density at radius 1 is 1.27 bits per heavy atom. The first-order valence-electron chi connectivity index (χ1n) is 6.16. The van der Waals surface area contributed by atoms with Gasteiger partial charge >= 0.3 is 0 Å². The Hall–Kier alpha value is -0.720. The Morgan fingerprint density at radius 3 is 2.13 bits per heavy atom. The third-order valence-corrected chi connectivity index (χ3v) is 2.28. The van der Waals surface area contributed by atoms with Crippen LogP contribution in [0.1, 0.15) is 53.9 Å². The second-order valence-corrected chi connectivity index (χ2v) is 3.70. The van der Waals surface area contributed by atoms with Crippen LogP contribution in [-0.4, -0.2) is 7.05 Å². The fraction of sp³-hybridized carbons (Fsp3) is 0.714. The normalized spacial score (nSPS) is 10.7. The predicted octanol–water partition coefficient (Wildman–Crippen LogP) is 4.52. The second-order valence-electron chi connectivity index (χ2n) is 3.70. The van der Waals surface area contributed by atoms with Crippen molar-refractivity contribution in [3.05, 3.63) is 23.9 Å². The quantitative estimate of drug-likeness (QED) is 0.637. The van der Waals surface area contributed by atoms with Crippen LogP contribution in [0.3, 0.4) is 0 Å². The van der Waals surface area contributed by atoms with Crippen molar-refractivity contribution in [2.75, 3.05) is 7.05 Å². The van der Waals surface area contributed by atoms with E-state index in [1.165, 1.54) is 0 Å². The number of rotatable bonds is 6. The molecule has 0 radical (unpaired) electrons. The van der Waals surface area contributed by atoms with Gasteiger partial charge in [0.1, 0.15) is 0 Å². The van der Waals surface area contributed by atoms with Crippen molar-refractivity contribution < 1.29 is 0 Å². The van der Waals surface area contributed by atoms with Crippen molar-refractivity contribution >= 4 is 0 Å². The van der Waals surface area contributed by atoms with Crippen molar-refractivity contribution in [3.63, 3.8) is 0 Å². The van der Waals surface area contributed by atoms with Gasteiger partial charge in [-0.2, -0.15) is 0 Å². The van der Waals surface area contributed by atoms with Gasteiger partial charge in [-0.15, -0.1) is 0 Å². The second kappa shape index (κ2) is 11.4. The lowest BCUT2D eigenvalue weighted by atomic mass is 9.97. The summed E-state index contributed by atoms with van der Waals surface area (Å²) >= 11 is 0. The minimum Gasteiger partial charge on any atom is -0.392 e. The molecule has 0 aliphatic heterocycles. The average Bonchev–Trinajstić information content (AvgIpc) is 2.26. The number of nitrogens with one attached hydrogen (secondary N) is 1. The third-order valence-electron chi connectivity index (χ3n) is 2.28. The van der Waals surface area contributed by atoms with E-state index in [0.717, 1.165) is 25.0 Å². The maximum Gasteiger partial charge on any atom is 0.00342 e. The standard InChI is InChI=1S/C12H23N.C2H6/c1-6-7-12(10(2)3)9-8-11(4)13-5;1-2/h7,10,13H,4,6,8-9H2,1-3,5H3;1-2H3/b12-7+;. The zero-order valence-corrected chi connectivity index (χ0v) is 11.5. The molecule has 0 spiro atoms. The molecule has 0 heterocycles. The van der Waals surface area contributed by atoms with E-state index in [4.69, 9.17) is 0 Å². The molecule has 0 aliphatic carbocycles. The van der Waals surface area contributed by atoms with Crippen LogP contribution >= 0.6 is 0 Å². The molecule has 0 atom stereocenters. The minimum absolute atomic E-state index is 0.671. The van der Waals surface area contributed by atoms with E-state index in [1.807, 2.05) is 20.9 Å². The molecule has 0 aromatic rings. The highest BCUT2D eigenvalue weighted by Crippen LogP contribution is 2.18. The Balaban J connectivity index is 0. The lowest BCUT2D eigenvalue weighted by molar-refractivity contribution is 0.691. The summed E-state index contributed by atoms with van der Waals surface area (Å²) in [5, 5.41) is 3.08. The van der Waals surface area contributed by atoms with Crippen molar-refractivity contribution in [2.24, 2.45) is 5.92 Å². The summed E-state index contributed by atoms with van der Waals surface area (Å²) in [6, 6.07) is 0. The molecular weight excluding hydrogens is 182 g/mol. The summed E-state index contributed by atoms with van der Waals surface area (Å²) in [5.41, 5.74) is 2.68. The van der Waals surface area contributed by atoms with Crippen LogP contribution in [0.5, 0.6) is 0 Å². The molecule has 0 amide bonds. The van der Waals surface area contributed by atoms with Gasteiger partial charge in [0.25, 0.3) is 0 Å². The Kier molecular flexibility index (Phi) is 12.6. The molecule has 0 fully saturated rings. The summed E-state index contributed by atoms with van der Waals surface area (Å²) in [5.74, 6) is 0.671. The van der Waals surface area contributed by atoms with Crippen LogP contribution < -0.4 is 5.32 Å². The molecule has 0 aromatic carbocycles. The molecule has 0 rings (SSSR count). The van der Waals surface area contributed by atoms with E-state index in [1.54, 1.807) is 5.57 Å². The Morgan fingerprint density at radius 2 is 1.80 bits per heavy atom. The zero-order valence-electron chi connectivity index (χ0n) is 11.5. The molecule has 0 aliphatic rings. The Bertz CT molecular complexity index is 178. The molecule has 15 heavy (non-hydrogen) atoms. The molecule has 0 saturated heterocycles. The average molecular weight is 211 g/mol. The van der Waals surface area contributed by atoms with Gasteiger partial charge in [-0.25, -0.2) is 0 Å². The molecule has 1 N–H and O–H groups in total. The van der Waals surface area contributed by atoms with E-state index >= 15 is 0 Å². The SMILES string of the molecule is C=C(CC/C(=C\CC)C(C)C)NC.CC. The first-order chi connectivity index (χ1) is 7.11. The monoisotopic (exact) mass is 211 g/mol. The highest BCUT2D eigenvalue weighted by atomic mass is 14.8. The Labute approximate surface area is 96.7 Å². The van der Waals surface area contributed by atoms with Crippen molar-refractivity contribution in [1.82, 2.24) is 5.32 Å². The highest BCUT2D eigenvalue weighted by molar-refractivity contribution is 5.07. The maximum absolute atomic E-state index is 3.93. The van der Waals surface area contributed by atoms with Gasteiger partial charge in [-0.1, -0.05) is 52.8 Å². The van der Waals surface area contributed by atoms with Gasteiger partial charge in [0.2, 0.25) is 0 Å². The fourth-order valence-corrected chi connectivity index (χ4v) is 1.31. The van der Waals surface area contributed by atoms with Crippen molar-refractivity contribution in [1.29, 1.82) is 0 Å². The van der Waals surface area contributed by atoms with E-state index < -0.39 is 0 Å². The summed E-state index contributed by atoms with van der Waals surface area (Å²) in [6.45, 7) is 14.6. The molecule has 0 unspecified atom stereocenters. The molecule has 0 aromatic heterocycles. The zero-order chi connectivity index (χ0) is 12.3. The number of allylic oxidation sites excluding steroid dienone is 3. The van der Waals surface area contributed by atoms with Gasteiger partial charge < -0.3 is 5.32 Å². The van der Waals surface area contributed by atoms with Gasteiger partial charge in [-0.05, 0) is 25.2 Å². The van der Waals surface area contributed by atoms with Gasteiger partial charge in [-0.3, -0.25) is 0 Å². The summed E-state index contributed by atoms with van der Waals surface area (Å²) in [4.78, 5) is 0. The van der Waals surface area contributed by atoms with Crippen LogP contribution in [0.15, 0.2) is 23.9 Å². The highest BCUT2D eigenvalue weighted by Gasteiger charge is 2.02. The lowest BCUT2D eigenvalue weighted by Gasteiger charge is -2.12. The van der Waals surface area contributed by atoms with Crippen LogP contribution in [0.25, 0.3) is 0 Å². The van der Waals surface area contributed by atoms with Crippen LogP contribution in [0.4, 0.5) is 0 Å². The van der Waals surface area contributed by atoms with Crippen LogP contribution in [0, 0.1) is 5.92 Å². The smallest absolute Gasteiger partial charge is 0.00342 e. The summed E-state index contributed by atoms with van der Waals surface area (Å²) in [7, 11) is 1.93. The van der Waals surface area contributed by atoms with Crippen molar-refractivity contribution in [3.8, 4) is 0 Å². The maximum atomic E-state index is 3.93. The largest absolute Gasteiger partial charge is 0.392 e. The third kappa shape index (κ3) is 9.58. The van der Waals surface area contributed by atoms with E-state index in [-0.39, 0.29) is 0 Å². The van der Waals surface area contributed by atoms with Gasteiger partial charge in [0.05, 0.1) is 0 Å². The van der Waals surface area contributed by atoms with E-state index in [0.29, 0.717) is 5.92 Å². The first-order valence-corrected chi connectivity index (χ1v) is 6.16. The van der Waals surface area contributed by atoms with Crippen LogP contribution in [-0.2, 0) is 0 Å². The molecule has 0 bridgehead atoms. The fourth-order valence-electron chi connectivity index (χ4n) is 1.31. The van der Waals surface area contributed by atoms with Crippen molar-refractivity contribution in [2.45, 2.75) is 53.9 Å². The number of hydrogen-bond donors (Lipinski definition) is 1. The van der Waals surface area contributed by atoms with Gasteiger partial charge in [0.15, 0.2) is 0 Å². The van der Waals surface area contributed by atoms with Crippen LogP contribution in [0.2, 0.25) is 0 Å². The molecule has 0 saturated carbocycles. The molecule has 90 valence electrons. The lowest BCUT2D eigenvalue weighted by Crippen LogP contribution is -2.05. The van der Waals surface area contributed by atoms with Gasteiger partial charge in [0, 0.05) is 12.7 Å². The minimum atomic E-state index is 0.671. The van der Waals surface area contributed by atoms with E-state index in [9.17, 15) is 0 Å². The molecule has 1 heteroatoms. The number of hydrogen-bond acceptors (Lipinski definition) is 1. The topological polar surface area (TPSA) is 12.0 Å².